The molecule has 262 valence electrons. The van der Waals surface area contributed by atoms with Gasteiger partial charge in [-0.15, -0.1) is 11.3 Å². The van der Waals surface area contributed by atoms with Crippen LogP contribution in [-0.2, 0) is 0 Å². The van der Waals surface area contributed by atoms with E-state index in [9.17, 15) is 0 Å². The first-order chi connectivity index (χ1) is 27.8. The van der Waals surface area contributed by atoms with Gasteiger partial charge in [0.25, 0.3) is 0 Å². The lowest BCUT2D eigenvalue weighted by molar-refractivity contribution is 1.08. The van der Waals surface area contributed by atoms with Gasteiger partial charge in [-0.1, -0.05) is 140 Å². The second-order valence-corrected chi connectivity index (χ2v) is 19.4. The van der Waals surface area contributed by atoms with Crippen molar-refractivity contribution in [3.05, 3.63) is 195 Å². The topological polar surface area (TPSA) is 35.1 Å². The number of hydrogen-bond donors (Lipinski definition) is 0. The predicted molar refractivity (Wildman–Crippen MR) is 239 cm³/mol. The molecule has 0 bridgehead atoms. The van der Waals surface area contributed by atoms with Crippen LogP contribution in [0.3, 0.4) is 0 Å². The third-order valence-electron chi connectivity index (χ3n) is 11.8. The Bertz CT molecular complexity index is 3440. The molecule has 5 heterocycles. The minimum atomic E-state index is -2.99. The van der Waals surface area contributed by atoms with E-state index in [1.165, 1.54) is 68.0 Å². The molecule has 0 aliphatic heterocycles. The third-order valence-corrected chi connectivity index (χ3v) is 17.7. The summed E-state index contributed by atoms with van der Waals surface area (Å²) in [5.41, 5.74) is 4.46. The molecule has 56 heavy (non-hydrogen) atoms. The number of imidazole rings is 1. The lowest BCUT2D eigenvalue weighted by Crippen LogP contribution is -2.74. The second-order valence-electron chi connectivity index (χ2n) is 14.6. The average molecular weight is 749 g/mol. The highest BCUT2D eigenvalue weighted by atomic mass is 32.1. The minimum Gasteiger partial charge on any atom is -0.299 e. The molecule has 0 aliphatic rings. The van der Waals surface area contributed by atoms with E-state index in [1.54, 1.807) is 0 Å². The molecule has 4 nitrogen and oxygen atoms in total. The Morgan fingerprint density at radius 2 is 1.11 bits per heavy atom. The van der Waals surface area contributed by atoms with E-state index >= 15 is 0 Å². The zero-order valence-corrected chi connectivity index (χ0v) is 32.0. The molecule has 12 aromatic rings. The van der Waals surface area contributed by atoms with Crippen LogP contribution in [0.1, 0.15) is 0 Å². The van der Waals surface area contributed by atoms with Gasteiger partial charge in [0.1, 0.15) is 11.5 Å². The lowest BCUT2D eigenvalue weighted by Gasteiger charge is -2.35. The summed E-state index contributed by atoms with van der Waals surface area (Å²) in [6.45, 7) is 0. The number of benzene rings is 7. The first kappa shape index (κ1) is 31.5. The molecule has 0 saturated heterocycles. The summed E-state index contributed by atoms with van der Waals surface area (Å²) < 4.78 is 7.24. The number of aromatic nitrogens is 4. The highest BCUT2D eigenvalue weighted by Gasteiger charge is 2.42. The van der Waals surface area contributed by atoms with E-state index in [4.69, 9.17) is 9.97 Å². The summed E-state index contributed by atoms with van der Waals surface area (Å²) in [7, 11) is -2.99. The summed E-state index contributed by atoms with van der Waals surface area (Å²) in [6.07, 6.45) is 5.91. The van der Waals surface area contributed by atoms with Crippen molar-refractivity contribution in [2.45, 2.75) is 0 Å². The van der Waals surface area contributed by atoms with Crippen molar-refractivity contribution in [3.63, 3.8) is 0 Å². The molecule has 7 aromatic carbocycles. The van der Waals surface area contributed by atoms with Crippen LogP contribution in [0.2, 0.25) is 0 Å². The number of thiophene rings is 1. The van der Waals surface area contributed by atoms with Gasteiger partial charge >= 0.3 is 0 Å². The van der Waals surface area contributed by atoms with Crippen molar-refractivity contribution in [1.29, 1.82) is 0 Å². The number of para-hydroxylation sites is 1. The molecule has 0 saturated carbocycles. The largest absolute Gasteiger partial charge is 0.299 e. The molecule has 12 rings (SSSR count). The van der Waals surface area contributed by atoms with Crippen molar-refractivity contribution in [1.82, 2.24) is 18.9 Å². The maximum absolute atomic E-state index is 4.96. The van der Waals surface area contributed by atoms with Gasteiger partial charge in [-0.25, -0.2) is 9.97 Å². The lowest BCUT2D eigenvalue weighted by atomic mass is 10.1. The Kier molecular flexibility index (Phi) is 6.79. The average Bonchev–Trinajstić information content (AvgIpc) is 4.00. The Morgan fingerprint density at radius 3 is 1.89 bits per heavy atom. The predicted octanol–water partition coefficient (Wildman–Crippen LogP) is 9.88. The zero-order valence-electron chi connectivity index (χ0n) is 30.2. The van der Waals surface area contributed by atoms with E-state index < -0.39 is 8.07 Å². The molecule has 0 amide bonds. The molecule has 0 fully saturated rings. The van der Waals surface area contributed by atoms with Gasteiger partial charge in [-0.3, -0.25) is 8.97 Å². The summed E-state index contributed by atoms with van der Waals surface area (Å²) in [5.74, 6) is 0.913. The number of rotatable bonds is 5. The van der Waals surface area contributed by atoms with Crippen molar-refractivity contribution < 1.29 is 0 Å². The summed E-state index contributed by atoms with van der Waals surface area (Å²) in [6, 6.07) is 65.2. The van der Waals surface area contributed by atoms with Gasteiger partial charge in [0.05, 0.1) is 16.6 Å². The SMILES string of the molecule is c1ccc([Si](c2ccccc2)(c2ccc3c4ccccc4n4ccnc4c3c2)c2ccc3c4c5sc6ccccc6c5ccc4n(-c4ccccn4)c3c2)cc1. The summed E-state index contributed by atoms with van der Waals surface area (Å²) >= 11 is 1.89. The number of pyridine rings is 2. The van der Waals surface area contributed by atoms with Crippen LogP contribution in [0, 0.1) is 0 Å². The van der Waals surface area contributed by atoms with Crippen molar-refractivity contribution in [2.75, 3.05) is 0 Å². The van der Waals surface area contributed by atoms with Gasteiger partial charge in [0.15, 0.2) is 8.07 Å². The highest BCUT2D eigenvalue weighted by Crippen LogP contribution is 2.43. The maximum atomic E-state index is 4.96. The normalized spacial score (nSPS) is 12.3. The van der Waals surface area contributed by atoms with Crippen LogP contribution in [0.4, 0.5) is 0 Å². The van der Waals surface area contributed by atoms with Crippen molar-refractivity contribution in [3.8, 4) is 5.82 Å². The van der Waals surface area contributed by atoms with Gasteiger partial charge in [-0.05, 0) is 62.5 Å². The Balaban J connectivity index is 1.23. The van der Waals surface area contributed by atoms with Gasteiger partial charge in [0.2, 0.25) is 0 Å². The molecule has 0 N–H and O–H groups in total. The van der Waals surface area contributed by atoms with Crippen LogP contribution >= 0.6 is 11.3 Å². The molecular weight excluding hydrogens is 717 g/mol. The molecular formula is C50H32N4SSi. The Morgan fingerprint density at radius 1 is 0.429 bits per heavy atom. The number of nitrogens with zero attached hydrogens (tertiary/aromatic N) is 4. The Hall–Kier alpha value is -6.86. The van der Waals surface area contributed by atoms with Crippen LogP contribution in [-0.4, -0.2) is 27.0 Å². The third kappa shape index (κ3) is 4.33. The Labute approximate surface area is 327 Å². The van der Waals surface area contributed by atoms with Crippen molar-refractivity contribution in [2.24, 2.45) is 0 Å². The van der Waals surface area contributed by atoms with E-state index in [1.807, 2.05) is 29.8 Å². The monoisotopic (exact) mass is 748 g/mol. The zero-order chi connectivity index (χ0) is 36.8. The fourth-order valence-electron chi connectivity index (χ4n) is 9.43. The maximum Gasteiger partial charge on any atom is 0.179 e. The molecule has 0 spiro atoms. The minimum absolute atomic E-state index is 0.913. The summed E-state index contributed by atoms with van der Waals surface area (Å²) in [5, 5.41) is 14.0. The van der Waals surface area contributed by atoms with Crippen LogP contribution in [0.25, 0.3) is 75.1 Å². The molecule has 5 aromatic heterocycles. The molecule has 0 aliphatic carbocycles. The molecule has 0 unspecified atom stereocenters. The van der Waals surface area contributed by atoms with Crippen LogP contribution in [0.15, 0.2) is 195 Å². The molecule has 6 heteroatoms. The van der Waals surface area contributed by atoms with E-state index in [0.29, 0.717) is 0 Å². The second kappa shape index (κ2) is 12.1. The fraction of sp³-hybridized carbons (Fsp3) is 0. The summed E-state index contributed by atoms with van der Waals surface area (Å²) in [4.78, 5) is 9.92. The first-order valence-corrected chi connectivity index (χ1v) is 21.8. The fourth-order valence-corrected chi connectivity index (χ4v) is 15.5. The van der Waals surface area contributed by atoms with Crippen molar-refractivity contribution >= 4 is 109 Å². The number of hydrogen-bond acceptors (Lipinski definition) is 3. The number of fused-ring (bicyclic) bond motifs is 13. The standard InChI is InChI=1S/C50H32N4SSi/c1-3-13-33(14-4-1)56(34-15-5-2-6-16-34,35-22-24-37-38-17-7-9-19-43(38)53-30-29-52-50(53)42(37)31-35)36-23-25-41-45(32-36)54(47-21-11-12-28-51-47)44-27-26-40-39-18-8-10-20-46(39)55-49(40)48(41)44/h1-32H. The van der Waals surface area contributed by atoms with Gasteiger partial charge in [-0.2, -0.15) is 0 Å². The highest BCUT2D eigenvalue weighted by molar-refractivity contribution is 7.26. The van der Waals surface area contributed by atoms with E-state index in [0.717, 1.165) is 27.9 Å². The molecule has 0 atom stereocenters. The van der Waals surface area contributed by atoms with E-state index in [2.05, 4.69) is 185 Å². The van der Waals surface area contributed by atoms with E-state index in [-0.39, 0.29) is 0 Å². The smallest absolute Gasteiger partial charge is 0.179 e. The first-order valence-electron chi connectivity index (χ1n) is 19.0. The van der Waals surface area contributed by atoms with Gasteiger partial charge < -0.3 is 0 Å². The van der Waals surface area contributed by atoms with Crippen LogP contribution in [0.5, 0.6) is 0 Å². The quantitative estimate of drug-likeness (QED) is 0.0999. The van der Waals surface area contributed by atoms with Crippen LogP contribution < -0.4 is 20.7 Å². The molecule has 0 radical (unpaired) electrons. The van der Waals surface area contributed by atoms with Gasteiger partial charge in [0, 0.05) is 60.3 Å².